The highest BCUT2D eigenvalue weighted by atomic mass is 79.9. The molecule has 5 nitrogen and oxygen atoms in total. The van der Waals surface area contributed by atoms with Crippen molar-refractivity contribution in [2.24, 2.45) is 0 Å². The van der Waals surface area contributed by atoms with Crippen molar-refractivity contribution in [1.29, 1.82) is 0 Å². The summed E-state index contributed by atoms with van der Waals surface area (Å²) in [5.74, 6) is -0.931. The minimum Gasteiger partial charge on any atom is -0.351 e. The fraction of sp³-hybridized carbons (Fsp3) is 0.500. The lowest BCUT2D eigenvalue weighted by Gasteiger charge is -2.34. The Morgan fingerprint density at radius 2 is 2.00 bits per heavy atom. The summed E-state index contributed by atoms with van der Waals surface area (Å²) in [5.41, 5.74) is 0.561. The van der Waals surface area contributed by atoms with Crippen molar-refractivity contribution in [2.75, 3.05) is 19.3 Å². The van der Waals surface area contributed by atoms with Crippen molar-refractivity contribution in [3.63, 3.8) is 0 Å². The van der Waals surface area contributed by atoms with Crippen molar-refractivity contribution < 1.29 is 17.6 Å². The molecule has 0 bridgehead atoms. The molecule has 1 aromatic carbocycles. The van der Waals surface area contributed by atoms with E-state index in [4.69, 9.17) is 0 Å². The van der Waals surface area contributed by atoms with Gasteiger partial charge >= 0.3 is 0 Å². The zero-order valence-corrected chi connectivity index (χ0v) is 15.8. The average molecular weight is 430 g/mol. The van der Waals surface area contributed by atoms with Crippen LogP contribution in [-0.2, 0) is 21.2 Å². The molecule has 2 rings (SSSR count). The largest absolute Gasteiger partial charge is 0.351 e. The van der Waals surface area contributed by atoms with Crippen molar-refractivity contribution in [3.05, 3.63) is 34.1 Å². The topological polar surface area (TPSA) is 75.3 Å². The fourth-order valence-corrected chi connectivity index (χ4v) is 4.35. The monoisotopic (exact) mass is 428 g/mol. The summed E-state index contributed by atoms with van der Waals surface area (Å²) < 4.78 is 36.8. The van der Waals surface area contributed by atoms with Crippen molar-refractivity contribution in [1.82, 2.24) is 10.6 Å². The van der Waals surface area contributed by atoms with Crippen molar-refractivity contribution in [3.8, 4) is 0 Å². The van der Waals surface area contributed by atoms with Crippen LogP contribution in [0.25, 0.3) is 0 Å². The van der Waals surface area contributed by atoms with E-state index < -0.39 is 26.3 Å². The van der Waals surface area contributed by atoms with Crippen LogP contribution in [0.15, 0.2) is 22.7 Å². The quantitative estimate of drug-likeness (QED) is 0.765. The van der Waals surface area contributed by atoms with Gasteiger partial charge in [0, 0.05) is 17.3 Å². The third-order valence-electron chi connectivity index (χ3n) is 3.98. The third kappa shape index (κ3) is 4.43. The summed E-state index contributed by atoms with van der Waals surface area (Å²) >= 11 is 3.28. The van der Waals surface area contributed by atoms with Crippen LogP contribution >= 0.6 is 28.3 Å². The number of halogens is 3. The van der Waals surface area contributed by atoms with Gasteiger partial charge in [-0.3, -0.25) is 4.79 Å². The van der Waals surface area contributed by atoms with Crippen LogP contribution in [0.1, 0.15) is 18.4 Å². The van der Waals surface area contributed by atoms with E-state index in [9.17, 15) is 17.6 Å². The van der Waals surface area contributed by atoms with E-state index in [0.29, 0.717) is 23.1 Å². The molecule has 1 fully saturated rings. The Hall–Kier alpha value is -0.700. The number of hydrogen-bond acceptors (Lipinski definition) is 4. The minimum absolute atomic E-state index is 0. The van der Waals surface area contributed by atoms with Gasteiger partial charge in [-0.2, -0.15) is 0 Å². The number of amides is 1. The van der Waals surface area contributed by atoms with Gasteiger partial charge in [-0.25, -0.2) is 12.8 Å². The number of carbonyl (C=O) groups is 1. The molecule has 9 heteroatoms. The van der Waals surface area contributed by atoms with E-state index >= 15 is 0 Å². The van der Waals surface area contributed by atoms with Crippen LogP contribution < -0.4 is 10.6 Å². The van der Waals surface area contributed by atoms with Gasteiger partial charge in [-0.15, -0.1) is 12.4 Å². The first-order valence-electron chi connectivity index (χ1n) is 6.89. The summed E-state index contributed by atoms with van der Waals surface area (Å²) in [4.78, 5) is 12.5. The summed E-state index contributed by atoms with van der Waals surface area (Å²) in [6.45, 7) is 1.02. The molecule has 1 heterocycles. The smallest absolute Gasteiger partial charge is 0.241 e. The van der Waals surface area contributed by atoms with Crippen LogP contribution in [0.4, 0.5) is 4.39 Å². The number of benzene rings is 1. The van der Waals surface area contributed by atoms with Crippen molar-refractivity contribution in [2.45, 2.75) is 24.1 Å². The molecule has 1 aliphatic heterocycles. The van der Waals surface area contributed by atoms with E-state index in [2.05, 4.69) is 26.6 Å². The number of piperidine rings is 1. The van der Waals surface area contributed by atoms with Crippen LogP contribution in [0, 0.1) is 5.82 Å². The van der Waals surface area contributed by atoms with E-state index in [1.54, 1.807) is 6.07 Å². The summed E-state index contributed by atoms with van der Waals surface area (Å²) in [6.07, 6.45) is 1.57. The molecule has 1 amide bonds. The maximum Gasteiger partial charge on any atom is 0.241 e. The first-order chi connectivity index (χ1) is 10.3. The maximum absolute atomic E-state index is 13.3. The Balaban J connectivity index is 0.00000264. The summed E-state index contributed by atoms with van der Waals surface area (Å²) in [5, 5.41) is 5.70. The second-order valence-corrected chi connectivity index (χ2v) is 8.62. The molecule has 130 valence electrons. The zero-order valence-electron chi connectivity index (χ0n) is 12.6. The van der Waals surface area contributed by atoms with Crippen LogP contribution in [0.5, 0.6) is 0 Å². The third-order valence-corrected chi connectivity index (χ3v) is 6.77. The minimum atomic E-state index is -3.55. The molecular formula is C14H19BrClFN2O3S. The normalized spacial score (nSPS) is 17.2. The molecule has 0 atom stereocenters. The van der Waals surface area contributed by atoms with E-state index in [1.165, 1.54) is 12.1 Å². The lowest BCUT2D eigenvalue weighted by molar-refractivity contribution is -0.124. The van der Waals surface area contributed by atoms with E-state index in [0.717, 1.165) is 6.26 Å². The standard InChI is InChI=1S/C14H18BrFN2O3S.ClH/c1-22(20,21)14(4-6-17-7-5-14)13(19)18-9-10-8-11(16)2-3-12(10)15;/h2-3,8,17H,4-7,9H2,1H3,(H,18,19);1H. The molecule has 23 heavy (non-hydrogen) atoms. The number of hydrogen-bond donors (Lipinski definition) is 2. The van der Waals surface area contributed by atoms with Crippen LogP contribution in [0.3, 0.4) is 0 Å². The van der Waals surface area contributed by atoms with Gasteiger partial charge in [-0.05, 0) is 49.7 Å². The Kier molecular flexibility index (Phi) is 7.00. The Labute approximate surface area is 149 Å². The van der Waals surface area contributed by atoms with Gasteiger partial charge in [0.05, 0.1) is 0 Å². The van der Waals surface area contributed by atoms with Crippen LogP contribution in [0.2, 0.25) is 0 Å². The molecule has 1 aliphatic rings. The molecule has 2 N–H and O–H groups in total. The molecule has 0 aliphatic carbocycles. The second kappa shape index (κ2) is 7.92. The lowest BCUT2D eigenvalue weighted by atomic mass is 9.95. The predicted octanol–water partition coefficient (Wildman–Crippen LogP) is 1.79. The highest BCUT2D eigenvalue weighted by Crippen LogP contribution is 2.28. The Morgan fingerprint density at radius 3 is 2.57 bits per heavy atom. The molecule has 1 aromatic rings. The zero-order chi connectivity index (χ0) is 16.4. The van der Waals surface area contributed by atoms with E-state index in [-0.39, 0.29) is 31.8 Å². The Morgan fingerprint density at radius 1 is 1.39 bits per heavy atom. The second-order valence-electron chi connectivity index (χ2n) is 5.43. The number of carbonyl (C=O) groups excluding carboxylic acids is 1. The number of nitrogens with one attached hydrogen (secondary N) is 2. The SMILES string of the molecule is CS(=O)(=O)C1(C(=O)NCc2cc(F)ccc2Br)CCNCC1.Cl. The summed E-state index contributed by atoms with van der Waals surface area (Å²) in [7, 11) is -3.55. The maximum atomic E-state index is 13.3. The van der Waals surface area contributed by atoms with Gasteiger partial charge in [0.25, 0.3) is 0 Å². The Bertz CT molecular complexity index is 679. The molecule has 1 saturated heterocycles. The fourth-order valence-electron chi connectivity index (χ4n) is 2.61. The molecule has 0 aromatic heterocycles. The molecule has 0 saturated carbocycles. The lowest BCUT2D eigenvalue weighted by Crippen LogP contribution is -2.57. The van der Waals surface area contributed by atoms with Crippen molar-refractivity contribution >= 4 is 44.1 Å². The van der Waals surface area contributed by atoms with Gasteiger partial charge in [0.2, 0.25) is 5.91 Å². The first kappa shape index (κ1) is 20.3. The first-order valence-corrected chi connectivity index (χ1v) is 9.57. The predicted molar refractivity (Wildman–Crippen MR) is 92.9 cm³/mol. The highest BCUT2D eigenvalue weighted by Gasteiger charge is 2.48. The van der Waals surface area contributed by atoms with Gasteiger partial charge in [-0.1, -0.05) is 15.9 Å². The molecular weight excluding hydrogens is 411 g/mol. The number of sulfone groups is 1. The number of rotatable bonds is 4. The van der Waals surface area contributed by atoms with Gasteiger partial charge in [0.15, 0.2) is 14.6 Å². The van der Waals surface area contributed by atoms with E-state index in [1.807, 2.05) is 0 Å². The van der Waals surface area contributed by atoms with Gasteiger partial charge in [0.1, 0.15) is 5.82 Å². The molecule has 0 radical (unpaired) electrons. The highest BCUT2D eigenvalue weighted by molar-refractivity contribution is 9.10. The average Bonchev–Trinajstić information content (AvgIpc) is 2.47. The summed E-state index contributed by atoms with van der Waals surface area (Å²) in [6, 6.07) is 4.16. The molecule has 0 unspecified atom stereocenters. The van der Waals surface area contributed by atoms with Crippen LogP contribution in [-0.4, -0.2) is 38.4 Å². The van der Waals surface area contributed by atoms with Gasteiger partial charge < -0.3 is 10.6 Å². The molecule has 0 spiro atoms.